The Labute approximate surface area is 115 Å². The largest absolute Gasteiger partial charge is 0.480 e. The molecule has 1 spiro atoms. The first-order chi connectivity index (χ1) is 9.35. The van der Waals surface area contributed by atoms with Gasteiger partial charge in [-0.05, 0) is 19.8 Å². The van der Waals surface area contributed by atoms with Gasteiger partial charge in [0.25, 0.3) is 5.91 Å². The summed E-state index contributed by atoms with van der Waals surface area (Å²) >= 11 is 0. The molecular formula is C12H17N3O5. The van der Waals surface area contributed by atoms with E-state index < -0.39 is 41.9 Å². The van der Waals surface area contributed by atoms with E-state index in [1.54, 1.807) is 0 Å². The summed E-state index contributed by atoms with van der Waals surface area (Å²) in [6.45, 7) is 0.856. The summed E-state index contributed by atoms with van der Waals surface area (Å²) in [6.07, 6.45) is 2.90. The summed E-state index contributed by atoms with van der Waals surface area (Å²) < 4.78 is 0. The van der Waals surface area contributed by atoms with Gasteiger partial charge >= 0.3 is 12.0 Å². The van der Waals surface area contributed by atoms with Crippen LogP contribution in [0.25, 0.3) is 0 Å². The van der Waals surface area contributed by atoms with Crippen LogP contribution in [0.3, 0.4) is 0 Å². The quantitative estimate of drug-likeness (QED) is 0.598. The molecule has 2 rings (SSSR count). The lowest BCUT2D eigenvalue weighted by Crippen LogP contribution is -2.47. The van der Waals surface area contributed by atoms with Gasteiger partial charge in [0, 0.05) is 0 Å². The van der Waals surface area contributed by atoms with Crippen LogP contribution < -0.4 is 10.6 Å². The molecule has 8 heteroatoms. The number of carbonyl (C=O) groups is 4. The molecule has 1 atom stereocenters. The number of nitrogens with zero attached hydrogens (tertiary/aromatic N) is 1. The van der Waals surface area contributed by atoms with Crippen LogP contribution in [0.15, 0.2) is 0 Å². The van der Waals surface area contributed by atoms with E-state index in [0.29, 0.717) is 12.8 Å². The van der Waals surface area contributed by atoms with Crippen molar-refractivity contribution >= 4 is 23.8 Å². The number of imide groups is 1. The molecule has 2 aliphatic rings. The SMILES string of the molecule is CC(NC(=O)CN1C(=O)NC2(CCCC2)C1=O)C(=O)O. The maximum atomic E-state index is 12.2. The second-order valence-electron chi connectivity index (χ2n) is 5.24. The molecule has 1 aliphatic heterocycles. The lowest BCUT2D eigenvalue weighted by atomic mass is 9.98. The number of hydrogen-bond donors (Lipinski definition) is 3. The van der Waals surface area contributed by atoms with Gasteiger partial charge in [0.2, 0.25) is 5.91 Å². The van der Waals surface area contributed by atoms with Crippen LogP contribution in [0, 0.1) is 0 Å². The fourth-order valence-corrected chi connectivity index (χ4v) is 2.63. The Hall–Kier alpha value is -2.12. The molecule has 1 saturated carbocycles. The van der Waals surface area contributed by atoms with Crippen LogP contribution in [0.2, 0.25) is 0 Å². The number of carboxylic acids is 1. The van der Waals surface area contributed by atoms with Gasteiger partial charge < -0.3 is 15.7 Å². The van der Waals surface area contributed by atoms with Gasteiger partial charge in [0.1, 0.15) is 18.1 Å². The third-order valence-corrected chi connectivity index (χ3v) is 3.75. The molecule has 4 amide bonds. The van der Waals surface area contributed by atoms with Crippen molar-refractivity contribution in [2.24, 2.45) is 0 Å². The van der Waals surface area contributed by atoms with Crippen molar-refractivity contribution in [2.45, 2.75) is 44.2 Å². The van der Waals surface area contributed by atoms with Gasteiger partial charge in [0.05, 0.1) is 0 Å². The smallest absolute Gasteiger partial charge is 0.325 e. The van der Waals surface area contributed by atoms with Crippen LogP contribution in [0.1, 0.15) is 32.6 Å². The zero-order valence-electron chi connectivity index (χ0n) is 11.1. The minimum Gasteiger partial charge on any atom is -0.480 e. The van der Waals surface area contributed by atoms with Gasteiger partial charge in [0.15, 0.2) is 0 Å². The van der Waals surface area contributed by atoms with Crippen LogP contribution in [0.5, 0.6) is 0 Å². The van der Waals surface area contributed by atoms with Gasteiger partial charge in [-0.15, -0.1) is 0 Å². The van der Waals surface area contributed by atoms with Gasteiger partial charge in [-0.2, -0.15) is 0 Å². The Bertz CT molecular complexity index is 470. The van der Waals surface area contributed by atoms with E-state index in [2.05, 4.69) is 10.6 Å². The maximum Gasteiger partial charge on any atom is 0.325 e. The van der Waals surface area contributed by atoms with E-state index in [9.17, 15) is 19.2 Å². The first-order valence-corrected chi connectivity index (χ1v) is 6.52. The van der Waals surface area contributed by atoms with Crippen molar-refractivity contribution in [1.29, 1.82) is 0 Å². The minimum atomic E-state index is -1.18. The van der Waals surface area contributed by atoms with Crippen molar-refractivity contribution in [1.82, 2.24) is 15.5 Å². The van der Waals surface area contributed by atoms with Crippen LogP contribution >= 0.6 is 0 Å². The fraction of sp³-hybridized carbons (Fsp3) is 0.667. The number of hydrogen-bond acceptors (Lipinski definition) is 4. The fourth-order valence-electron chi connectivity index (χ4n) is 2.63. The predicted octanol–water partition coefficient (Wildman–Crippen LogP) is -0.560. The molecule has 20 heavy (non-hydrogen) atoms. The number of urea groups is 1. The summed E-state index contributed by atoms with van der Waals surface area (Å²) in [4.78, 5) is 47.2. The van der Waals surface area contributed by atoms with Crippen molar-refractivity contribution in [2.75, 3.05) is 6.54 Å². The molecule has 1 aliphatic carbocycles. The van der Waals surface area contributed by atoms with Crippen molar-refractivity contribution < 1.29 is 24.3 Å². The maximum absolute atomic E-state index is 12.2. The van der Waals surface area contributed by atoms with E-state index in [0.717, 1.165) is 17.7 Å². The lowest BCUT2D eigenvalue weighted by Gasteiger charge is -2.20. The summed E-state index contributed by atoms with van der Waals surface area (Å²) in [6, 6.07) is -1.65. The number of nitrogens with one attached hydrogen (secondary N) is 2. The molecular weight excluding hydrogens is 266 g/mol. The van der Waals surface area contributed by atoms with Gasteiger partial charge in [-0.25, -0.2) is 4.79 Å². The number of carbonyl (C=O) groups excluding carboxylic acids is 3. The Kier molecular flexibility index (Phi) is 3.65. The highest BCUT2D eigenvalue weighted by Crippen LogP contribution is 2.34. The summed E-state index contributed by atoms with van der Waals surface area (Å²) in [5.41, 5.74) is -0.851. The number of aliphatic carboxylic acids is 1. The van der Waals surface area contributed by atoms with Crippen molar-refractivity contribution in [3.63, 3.8) is 0 Å². The molecule has 0 aromatic carbocycles. The van der Waals surface area contributed by atoms with E-state index in [1.807, 2.05) is 0 Å². The second-order valence-corrected chi connectivity index (χ2v) is 5.24. The molecule has 3 N–H and O–H groups in total. The molecule has 2 fully saturated rings. The molecule has 1 heterocycles. The molecule has 8 nitrogen and oxygen atoms in total. The highest BCUT2D eigenvalue weighted by Gasteiger charge is 2.52. The number of amides is 4. The van der Waals surface area contributed by atoms with Gasteiger partial charge in [-0.3, -0.25) is 19.3 Å². The first-order valence-electron chi connectivity index (χ1n) is 6.52. The van der Waals surface area contributed by atoms with Crippen LogP contribution in [0.4, 0.5) is 4.79 Å². The van der Waals surface area contributed by atoms with E-state index in [4.69, 9.17) is 5.11 Å². The standard InChI is InChI=1S/C12H17N3O5/c1-7(9(17)18)13-8(16)6-15-10(19)12(14-11(15)20)4-2-3-5-12/h7H,2-6H2,1H3,(H,13,16)(H,14,20)(H,17,18). The van der Waals surface area contributed by atoms with Crippen molar-refractivity contribution in [3.8, 4) is 0 Å². The molecule has 110 valence electrons. The normalized spacial score (nSPS) is 21.9. The van der Waals surface area contributed by atoms with E-state index >= 15 is 0 Å². The molecule has 0 bridgehead atoms. The molecule has 0 aromatic rings. The molecule has 1 saturated heterocycles. The molecule has 0 radical (unpaired) electrons. The highest BCUT2D eigenvalue weighted by atomic mass is 16.4. The lowest BCUT2D eigenvalue weighted by molar-refractivity contribution is -0.141. The first kappa shape index (κ1) is 14.3. The Balaban J connectivity index is 1.99. The van der Waals surface area contributed by atoms with Crippen molar-refractivity contribution in [3.05, 3.63) is 0 Å². The third-order valence-electron chi connectivity index (χ3n) is 3.75. The average molecular weight is 283 g/mol. The highest BCUT2D eigenvalue weighted by molar-refractivity contribution is 6.09. The van der Waals surface area contributed by atoms with Gasteiger partial charge in [-0.1, -0.05) is 12.8 Å². The zero-order valence-corrected chi connectivity index (χ0v) is 11.1. The summed E-state index contributed by atoms with van der Waals surface area (Å²) in [7, 11) is 0. The Morgan fingerprint density at radius 1 is 1.40 bits per heavy atom. The Morgan fingerprint density at radius 3 is 2.55 bits per heavy atom. The summed E-state index contributed by atoms with van der Waals surface area (Å²) in [5, 5.41) is 13.6. The van der Waals surface area contributed by atoms with Crippen LogP contribution in [-0.2, 0) is 14.4 Å². The van der Waals surface area contributed by atoms with E-state index in [1.165, 1.54) is 6.92 Å². The number of rotatable bonds is 4. The third kappa shape index (κ3) is 2.45. The zero-order chi connectivity index (χ0) is 14.9. The van der Waals surface area contributed by atoms with Crippen LogP contribution in [-0.4, -0.2) is 51.9 Å². The van der Waals surface area contributed by atoms with E-state index in [-0.39, 0.29) is 0 Å². The Morgan fingerprint density at radius 2 is 2.00 bits per heavy atom. The minimum absolute atomic E-state index is 0.391. The second kappa shape index (κ2) is 5.10. The molecule has 0 aromatic heterocycles. The average Bonchev–Trinajstić information content (AvgIpc) is 2.91. The summed E-state index contributed by atoms with van der Waals surface area (Å²) in [5.74, 6) is -2.24. The molecule has 1 unspecified atom stereocenters. The topological polar surface area (TPSA) is 116 Å². The monoisotopic (exact) mass is 283 g/mol. The predicted molar refractivity (Wildman–Crippen MR) is 66.7 cm³/mol. The number of carboxylic acid groups (broad SMARTS) is 1.